The van der Waals surface area contributed by atoms with Crippen molar-refractivity contribution in [2.24, 2.45) is 17.3 Å². The fraction of sp³-hybridized carbons (Fsp3) is 1.00. The summed E-state index contributed by atoms with van der Waals surface area (Å²) in [5.41, 5.74) is 0.800. The van der Waals surface area contributed by atoms with Gasteiger partial charge < -0.3 is 4.90 Å². The molecule has 0 saturated heterocycles. The first-order valence-corrected chi connectivity index (χ1v) is 8.21. The molecule has 106 valence electrons. The molecular weight excluding hydrogens is 218 g/mol. The average molecular weight is 251 g/mol. The average Bonchev–Trinajstić information content (AvgIpc) is 2.27. The molecule has 0 heterocycles. The minimum atomic E-state index is 0.800. The van der Waals surface area contributed by atoms with Crippen molar-refractivity contribution in [1.29, 1.82) is 0 Å². The fourth-order valence-corrected chi connectivity index (χ4v) is 4.41. The van der Waals surface area contributed by atoms with Gasteiger partial charge in [0.15, 0.2) is 0 Å². The number of rotatable bonds is 5. The van der Waals surface area contributed by atoms with Crippen LogP contribution in [0.5, 0.6) is 0 Å². The highest BCUT2D eigenvalue weighted by molar-refractivity contribution is 4.96. The summed E-state index contributed by atoms with van der Waals surface area (Å²) in [5, 5.41) is 0. The van der Waals surface area contributed by atoms with Gasteiger partial charge in [-0.2, -0.15) is 0 Å². The van der Waals surface area contributed by atoms with E-state index in [4.69, 9.17) is 0 Å². The lowest BCUT2D eigenvalue weighted by Gasteiger charge is -2.52. The lowest BCUT2D eigenvalue weighted by Crippen LogP contribution is -2.44. The van der Waals surface area contributed by atoms with E-state index in [9.17, 15) is 0 Å². The van der Waals surface area contributed by atoms with Crippen LogP contribution in [0.3, 0.4) is 0 Å². The Balaban J connectivity index is 1.66. The van der Waals surface area contributed by atoms with E-state index in [1.165, 1.54) is 57.9 Å². The van der Waals surface area contributed by atoms with Crippen LogP contribution in [0.15, 0.2) is 0 Å². The molecular formula is C17H33N. The van der Waals surface area contributed by atoms with E-state index in [0.717, 1.165) is 23.3 Å². The molecule has 2 fully saturated rings. The van der Waals surface area contributed by atoms with Crippen LogP contribution in [-0.2, 0) is 0 Å². The van der Waals surface area contributed by atoms with Crippen molar-refractivity contribution in [3.05, 3.63) is 0 Å². The Hall–Kier alpha value is -0.0400. The second kappa shape index (κ2) is 5.94. The van der Waals surface area contributed by atoms with Crippen molar-refractivity contribution in [2.75, 3.05) is 13.6 Å². The summed E-state index contributed by atoms with van der Waals surface area (Å²) in [5.74, 6) is 1.88. The lowest BCUT2D eigenvalue weighted by molar-refractivity contribution is -0.00166. The minimum Gasteiger partial charge on any atom is -0.303 e. The Kier molecular flexibility index (Phi) is 4.75. The standard InChI is InChI=1S/C17H33N/c1-14(2)6-5-11-18(4)16-7-9-17(10-8-16)12-15(3)13-17/h14-16H,5-13H2,1-4H3. The third-order valence-electron chi connectivity index (χ3n) is 5.49. The summed E-state index contributed by atoms with van der Waals surface area (Å²) < 4.78 is 0. The third kappa shape index (κ3) is 3.50. The smallest absolute Gasteiger partial charge is 0.00926 e. The third-order valence-corrected chi connectivity index (χ3v) is 5.49. The van der Waals surface area contributed by atoms with Gasteiger partial charge in [0.1, 0.15) is 0 Å². The molecule has 0 unspecified atom stereocenters. The fourth-order valence-electron chi connectivity index (χ4n) is 4.41. The topological polar surface area (TPSA) is 3.24 Å². The number of nitrogens with zero attached hydrogens (tertiary/aromatic N) is 1. The van der Waals surface area contributed by atoms with Crippen LogP contribution in [0.2, 0.25) is 0 Å². The maximum absolute atomic E-state index is 2.65. The van der Waals surface area contributed by atoms with Crippen LogP contribution < -0.4 is 0 Å². The molecule has 2 rings (SSSR count). The Morgan fingerprint density at radius 1 is 1.17 bits per heavy atom. The molecule has 0 aliphatic heterocycles. The van der Waals surface area contributed by atoms with Crippen LogP contribution in [0, 0.1) is 17.3 Å². The molecule has 0 aromatic heterocycles. The van der Waals surface area contributed by atoms with E-state index < -0.39 is 0 Å². The molecule has 0 amide bonds. The maximum Gasteiger partial charge on any atom is 0.00926 e. The van der Waals surface area contributed by atoms with Crippen LogP contribution in [0.1, 0.15) is 72.1 Å². The van der Waals surface area contributed by atoms with Crippen LogP contribution in [-0.4, -0.2) is 24.5 Å². The van der Waals surface area contributed by atoms with Gasteiger partial charge in [0.25, 0.3) is 0 Å². The van der Waals surface area contributed by atoms with E-state index in [1.54, 1.807) is 0 Å². The summed E-state index contributed by atoms with van der Waals surface area (Å²) in [7, 11) is 2.35. The molecule has 1 spiro atoms. The zero-order valence-corrected chi connectivity index (χ0v) is 13.0. The molecule has 2 saturated carbocycles. The second-order valence-electron chi connectivity index (χ2n) is 7.76. The summed E-state index contributed by atoms with van der Waals surface area (Å²) in [6, 6.07) is 0.888. The van der Waals surface area contributed by atoms with E-state index in [2.05, 4.69) is 32.7 Å². The largest absolute Gasteiger partial charge is 0.303 e. The van der Waals surface area contributed by atoms with Crippen molar-refractivity contribution in [1.82, 2.24) is 4.90 Å². The molecule has 0 radical (unpaired) electrons. The van der Waals surface area contributed by atoms with E-state index in [1.807, 2.05) is 0 Å². The monoisotopic (exact) mass is 251 g/mol. The highest BCUT2D eigenvalue weighted by Gasteiger charge is 2.44. The second-order valence-corrected chi connectivity index (χ2v) is 7.76. The van der Waals surface area contributed by atoms with Crippen LogP contribution in [0.4, 0.5) is 0 Å². The van der Waals surface area contributed by atoms with Gasteiger partial charge in [-0.1, -0.05) is 20.8 Å². The Labute approximate surface area is 114 Å². The van der Waals surface area contributed by atoms with Crippen molar-refractivity contribution in [3.63, 3.8) is 0 Å². The van der Waals surface area contributed by atoms with Gasteiger partial charge >= 0.3 is 0 Å². The van der Waals surface area contributed by atoms with Gasteiger partial charge in [-0.25, -0.2) is 0 Å². The Bertz CT molecular complexity index is 242. The summed E-state index contributed by atoms with van der Waals surface area (Å²) in [6.45, 7) is 8.41. The quantitative estimate of drug-likeness (QED) is 0.684. The number of hydrogen-bond acceptors (Lipinski definition) is 1. The maximum atomic E-state index is 2.65. The highest BCUT2D eigenvalue weighted by atomic mass is 15.1. The zero-order chi connectivity index (χ0) is 13.2. The van der Waals surface area contributed by atoms with E-state index in [0.29, 0.717) is 0 Å². The summed E-state index contributed by atoms with van der Waals surface area (Å²) >= 11 is 0. The highest BCUT2D eigenvalue weighted by Crippen LogP contribution is 2.54. The van der Waals surface area contributed by atoms with Gasteiger partial charge in [0, 0.05) is 6.04 Å². The first kappa shape index (κ1) is 14.4. The lowest BCUT2D eigenvalue weighted by atomic mass is 9.56. The van der Waals surface area contributed by atoms with E-state index in [-0.39, 0.29) is 0 Å². The Morgan fingerprint density at radius 3 is 2.28 bits per heavy atom. The minimum absolute atomic E-state index is 0.800. The van der Waals surface area contributed by atoms with Gasteiger partial charge in [-0.3, -0.25) is 0 Å². The van der Waals surface area contributed by atoms with Crippen molar-refractivity contribution < 1.29 is 0 Å². The number of hydrogen-bond donors (Lipinski definition) is 0. The molecule has 2 aliphatic carbocycles. The SMILES string of the molecule is CC(C)CCCN(C)C1CCC2(CC1)CC(C)C2. The first-order valence-electron chi connectivity index (χ1n) is 8.21. The van der Waals surface area contributed by atoms with Gasteiger partial charge in [-0.15, -0.1) is 0 Å². The summed E-state index contributed by atoms with van der Waals surface area (Å²) in [6.07, 6.45) is 11.8. The zero-order valence-electron chi connectivity index (χ0n) is 13.0. The van der Waals surface area contributed by atoms with Gasteiger partial charge in [0.2, 0.25) is 0 Å². The van der Waals surface area contributed by atoms with Crippen LogP contribution in [0.25, 0.3) is 0 Å². The summed E-state index contributed by atoms with van der Waals surface area (Å²) in [4.78, 5) is 2.65. The van der Waals surface area contributed by atoms with Crippen molar-refractivity contribution in [2.45, 2.75) is 78.2 Å². The van der Waals surface area contributed by atoms with Gasteiger partial charge in [-0.05, 0) is 82.2 Å². The molecule has 0 bridgehead atoms. The van der Waals surface area contributed by atoms with Gasteiger partial charge in [0.05, 0.1) is 0 Å². The van der Waals surface area contributed by atoms with Crippen molar-refractivity contribution in [3.8, 4) is 0 Å². The molecule has 0 aromatic carbocycles. The molecule has 0 aromatic rings. The molecule has 0 N–H and O–H groups in total. The molecule has 18 heavy (non-hydrogen) atoms. The first-order chi connectivity index (χ1) is 8.51. The molecule has 1 nitrogen and oxygen atoms in total. The van der Waals surface area contributed by atoms with Crippen LogP contribution >= 0.6 is 0 Å². The predicted molar refractivity (Wildman–Crippen MR) is 79.8 cm³/mol. The predicted octanol–water partition coefficient (Wildman–Crippen LogP) is 4.71. The molecule has 1 heteroatoms. The van der Waals surface area contributed by atoms with E-state index >= 15 is 0 Å². The molecule has 2 aliphatic rings. The van der Waals surface area contributed by atoms with Crippen molar-refractivity contribution >= 4 is 0 Å². The molecule has 0 atom stereocenters. The normalized spacial score (nSPS) is 36.3. The Morgan fingerprint density at radius 2 is 1.78 bits per heavy atom.